The molecule has 17 heavy (non-hydrogen) atoms. The molecule has 1 aromatic rings. The van der Waals surface area contributed by atoms with Gasteiger partial charge in [-0.25, -0.2) is 4.98 Å². The van der Waals surface area contributed by atoms with Crippen LogP contribution in [-0.4, -0.2) is 48.6 Å². The van der Waals surface area contributed by atoms with Crippen molar-refractivity contribution in [2.75, 3.05) is 44.4 Å². The molecule has 0 atom stereocenters. The fourth-order valence-corrected chi connectivity index (χ4v) is 2.58. The maximum atomic E-state index is 5.92. The van der Waals surface area contributed by atoms with Crippen LogP contribution in [0.4, 0.5) is 11.6 Å². The number of nitrogens with zero attached hydrogens (tertiary/aromatic N) is 3. The lowest BCUT2D eigenvalue weighted by Crippen LogP contribution is -2.37. The fraction of sp³-hybridized carbons (Fsp3) is 0.750. The summed E-state index contributed by atoms with van der Waals surface area (Å²) >= 11 is 0. The number of piperidine rings is 1. The van der Waals surface area contributed by atoms with E-state index in [0.717, 1.165) is 30.6 Å². The van der Waals surface area contributed by atoms with Crippen LogP contribution in [-0.2, 0) is 0 Å². The summed E-state index contributed by atoms with van der Waals surface area (Å²) in [6, 6.07) is 0. The predicted octanol–water partition coefficient (Wildman–Crippen LogP) is 1.08. The normalized spacial score (nSPS) is 18.0. The molecule has 1 aliphatic heterocycles. The number of aromatic nitrogens is 2. The van der Waals surface area contributed by atoms with Crippen molar-refractivity contribution in [1.29, 1.82) is 0 Å². The summed E-state index contributed by atoms with van der Waals surface area (Å²) in [6.07, 6.45) is 2.45. The van der Waals surface area contributed by atoms with Crippen molar-refractivity contribution < 1.29 is 0 Å². The van der Waals surface area contributed by atoms with Gasteiger partial charge in [-0.05, 0) is 39.8 Å². The molecular weight excluding hydrogens is 214 g/mol. The molecule has 0 bridgehead atoms. The van der Waals surface area contributed by atoms with E-state index >= 15 is 0 Å². The minimum atomic E-state index is 0.702. The minimum Gasteiger partial charge on any atom is -0.382 e. The summed E-state index contributed by atoms with van der Waals surface area (Å²) in [7, 11) is 4.28. The second kappa shape index (κ2) is 4.96. The van der Waals surface area contributed by atoms with E-state index in [1.807, 2.05) is 6.92 Å². The number of rotatable bonds is 3. The molecule has 5 nitrogen and oxygen atoms in total. The van der Waals surface area contributed by atoms with E-state index in [-0.39, 0.29) is 0 Å². The third kappa shape index (κ3) is 2.91. The number of H-pyrrole nitrogens is 1. The highest BCUT2D eigenvalue weighted by molar-refractivity contribution is 5.59. The van der Waals surface area contributed by atoms with E-state index in [1.165, 1.54) is 19.4 Å². The zero-order chi connectivity index (χ0) is 12.4. The quantitative estimate of drug-likeness (QED) is 0.826. The lowest BCUT2D eigenvalue weighted by Gasteiger charge is -2.33. The molecule has 1 aromatic heterocycles. The van der Waals surface area contributed by atoms with Crippen LogP contribution in [0.3, 0.4) is 0 Å². The van der Waals surface area contributed by atoms with E-state index in [4.69, 9.17) is 5.73 Å². The molecule has 0 unspecified atom stereocenters. The largest absolute Gasteiger partial charge is 0.382 e. The molecule has 0 amide bonds. The van der Waals surface area contributed by atoms with Crippen LogP contribution in [0.25, 0.3) is 0 Å². The Balaban J connectivity index is 1.93. The molecule has 0 aliphatic carbocycles. The number of nitrogen functional groups attached to an aromatic ring is 1. The van der Waals surface area contributed by atoms with Crippen LogP contribution < -0.4 is 10.6 Å². The number of anilines is 2. The molecule has 1 aliphatic rings. The van der Waals surface area contributed by atoms with Gasteiger partial charge in [0.25, 0.3) is 0 Å². The highest BCUT2D eigenvalue weighted by atomic mass is 15.2. The van der Waals surface area contributed by atoms with E-state index < -0.39 is 0 Å². The second-order valence-corrected chi connectivity index (χ2v) is 5.25. The van der Waals surface area contributed by atoms with Gasteiger partial charge in [-0.3, -0.25) is 0 Å². The molecule has 2 rings (SSSR count). The van der Waals surface area contributed by atoms with Crippen molar-refractivity contribution in [3.8, 4) is 0 Å². The summed E-state index contributed by atoms with van der Waals surface area (Å²) in [5, 5.41) is 0. The summed E-state index contributed by atoms with van der Waals surface area (Å²) in [5.41, 5.74) is 5.92. The average Bonchev–Trinajstić information content (AvgIpc) is 2.58. The Labute approximate surface area is 103 Å². The first-order valence-corrected chi connectivity index (χ1v) is 6.28. The van der Waals surface area contributed by atoms with Crippen molar-refractivity contribution in [3.63, 3.8) is 0 Å². The van der Waals surface area contributed by atoms with E-state index in [9.17, 15) is 0 Å². The number of nitrogens with two attached hydrogens (primary N) is 1. The van der Waals surface area contributed by atoms with E-state index in [0.29, 0.717) is 5.82 Å². The number of hydrogen-bond donors (Lipinski definition) is 2. The zero-order valence-electron chi connectivity index (χ0n) is 11.0. The Bertz CT molecular complexity index is 363. The molecule has 96 valence electrons. The fourth-order valence-electron chi connectivity index (χ4n) is 2.58. The maximum Gasteiger partial charge on any atom is 0.171 e. The van der Waals surface area contributed by atoms with Crippen LogP contribution >= 0.6 is 0 Å². The zero-order valence-corrected chi connectivity index (χ0v) is 11.0. The van der Waals surface area contributed by atoms with Crippen molar-refractivity contribution >= 4 is 11.6 Å². The molecule has 0 radical (unpaired) electrons. The second-order valence-electron chi connectivity index (χ2n) is 5.25. The van der Waals surface area contributed by atoms with E-state index in [2.05, 4.69) is 33.9 Å². The third-order valence-electron chi connectivity index (χ3n) is 3.37. The van der Waals surface area contributed by atoms with Crippen molar-refractivity contribution in [1.82, 2.24) is 14.9 Å². The summed E-state index contributed by atoms with van der Waals surface area (Å²) in [5.74, 6) is 3.34. The number of aromatic amines is 1. The monoisotopic (exact) mass is 237 g/mol. The Morgan fingerprint density at radius 1 is 1.41 bits per heavy atom. The number of imidazole rings is 1. The summed E-state index contributed by atoms with van der Waals surface area (Å²) in [4.78, 5) is 12.1. The Hall–Kier alpha value is -1.23. The maximum absolute atomic E-state index is 5.92. The first kappa shape index (κ1) is 12.2. The topological polar surface area (TPSA) is 61.2 Å². The molecular formula is C12H23N5. The van der Waals surface area contributed by atoms with Gasteiger partial charge in [0.2, 0.25) is 0 Å². The smallest absolute Gasteiger partial charge is 0.171 e. The Morgan fingerprint density at radius 2 is 2.06 bits per heavy atom. The van der Waals surface area contributed by atoms with Crippen molar-refractivity contribution in [2.24, 2.45) is 5.92 Å². The first-order chi connectivity index (χ1) is 8.06. The van der Waals surface area contributed by atoms with Gasteiger partial charge in [-0.2, -0.15) is 0 Å². The van der Waals surface area contributed by atoms with Crippen LogP contribution in [0.5, 0.6) is 0 Å². The summed E-state index contributed by atoms with van der Waals surface area (Å²) in [6.45, 7) is 5.25. The standard InChI is InChI=1S/C12H23N5/c1-9-14-11(13)12(15-9)17-6-4-10(5-7-17)8-16(2)3/h10H,4-8,13H2,1-3H3,(H,14,15). The first-order valence-electron chi connectivity index (χ1n) is 6.28. The van der Waals surface area contributed by atoms with Crippen LogP contribution in [0.15, 0.2) is 0 Å². The summed E-state index contributed by atoms with van der Waals surface area (Å²) < 4.78 is 0. The van der Waals surface area contributed by atoms with Gasteiger partial charge in [0.05, 0.1) is 0 Å². The lowest BCUT2D eigenvalue weighted by atomic mass is 9.96. The highest BCUT2D eigenvalue weighted by Gasteiger charge is 2.22. The molecule has 0 saturated carbocycles. The molecule has 0 spiro atoms. The van der Waals surface area contributed by atoms with Crippen LogP contribution in [0.2, 0.25) is 0 Å². The van der Waals surface area contributed by atoms with Crippen molar-refractivity contribution in [2.45, 2.75) is 19.8 Å². The van der Waals surface area contributed by atoms with E-state index in [1.54, 1.807) is 0 Å². The Kier molecular flexibility index (Phi) is 3.57. The van der Waals surface area contributed by atoms with Gasteiger partial charge in [0.15, 0.2) is 5.82 Å². The Morgan fingerprint density at radius 3 is 2.53 bits per heavy atom. The van der Waals surface area contributed by atoms with Crippen LogP contribution in [0.1, 0.15) is 18.7 Å². The molecule has 3 N–H and O–H groups in total. The SMILES string of the molecule is Cc1nc(N2CCC(CN(C)C)CC2)c(N)[nH]1. The van der Waals surface area contributed by atoms with Gasteiger partial charge < -0.3 is 20.5 Å². The van der Waals surface area contributed by atoms with Gasteiger partial charge in [0, 0.05) is 19.6 Å². The predicted molar refractivity (Wildman–Crippen MR) is 71.2 cm³/mol. The molecule has 5 heteroatoms. The molecule has 2 heterocycles. The number of aryl methyl sites for hydroxylation is 1. The average molecular weight is 237 g/mol. The third-order valence-corrected chi connectivity index (χ3v) is 3.37. The molecule has 1 fully saturated rings. The van der Waals surface area contributed by atoms with Gasteiger partial charge >= 0.3 is 0 Å². The number of hydrogen-bond acceptors (Lipinski definition) is 4. The van der Waals surface area contributed by atoms with Gasteiger partial charge in [-0.1, -0.05) is 0 Å². The van der Waals surface area contributed by atoms with Gasteiger partial charge in [-0.15, -0.1) is 0 Å². The van der Waals surface area contributed by atoms with Crippen LogP contribution in [0, 0.1) is 12.8 Å². The van der Waals surface area contributed by atoms with Crippen molar-refractivity contribution in [3.05, 3.63) is 5.82 Å². The van der Waals surface area contributed by atoms with Gasteiger partial charge in [0.1, 0.15) is 11.6 Å². The molecule has 0 aromatic carbocycles. The lowest BCUT2D eigenvalue weighted by molar-refractivity contribution is 0.284. The highest BCUT2D eigenvalue weighted by Crippen LogP contribution is 2.26. The molecule has 1 saturated heterocycles. The number of nitrogens with one attached hydrogen (secondary N) is 1. The minimum absolute atomic E-state index is 0.702.